The summed E-state index contributed by atoms with van der Waals surface area (Å²) < 4.78 is 1.22. The van der Waals surface area contributed by atoms with Crippen LogP contribution in [0, 0.1) is 6.92 Å². The number of aryl methyl sites for hydroxylation is 1. The number of aromatic nitrogens is 2. The van der Waals surface area contributed by atoms with Gasteiger partial charge in [0.25, 0.3) is 5.56 Å². The van der Waals surface area contributed by atoms with Crippen LogP contribution in [0.4, 0.5) is 11.4 Å². The first-order valence-electron chi connectivity index (χ1n) is 8.54. The molecule has 0 atom stereocenters. The maximum Gasteiger partial charge on any atom is 0.283 e. The van der Waals surface area contributed by atoms with Gasteiger partial charge in [0, 0.05) is 0 Å². The van der Waals surface area contributed by atoms with E-state index < -0.39 is 0 Å². The van der Waals surface area contributed by atoms with Gasteiger partial charge in [-0.25, -0.2) is 9.99 Å². The fraction of sp³-hybridized carbons (Fsp3) is 0.0476. The van der Waals surface area contributed by atoms with Crippen LogP contribution >= 0.6 is 0 Å². The molecule has 0 saturated carbocycles. The molecular weight excluding hydrogens is 338 g/mol. The highest BCUT2D eigenvalue weighted by atomic mass is 16.1. The van der Waals surface area contributed by atoms with Crippen LogP contribution in [0.5, 0.6) is 0 Å². The largest absolute Gasteiger partial charge is 0.283 e. The molecule has 0 spiro atoms. The third-order valence-electron chi connectivity index (χ3n) is 4.14. The maximum atomic E-state index is 12.8. The molecule has 1 aromatic heterocycles. The molecule has 0 saturated heterocycles. The van der Waals surface area contributed by atoms with E-state index in [1.807, 2.05) is 78.9 Å². The first-order valence-corrected chi connectivity index (χ1v) is 8.54. The zero-order chi connectivity index (χ0) is 18.6. The minimum absolute atomic E-state index is 0.247. The van der Waals surface area contributed by atoms with Crippen molar-refractivity contribution in [2.45, 2.75) is 6.92 Å². The Balaban J connectivity index is 1.81. The van der Waals surface area contributed by atoms with Crippen molar-refractivity contribution >= 4 is 22.3 Å². The van der Waals surface area contributed by atoms with Crippen molar-refractivity contribution < 1.29 is 0 Å². The first-order chi connectivity index (χ1) is 13.2. The van der Waals surface area contributed by atoms with Crippen molar-refractivity contribution in [2.24, 2.45) is 10.4 Å². The lowest BCUT2D eigenvalue weighted by Gasteiger charge is -2.17. The SMILES string of the molecule is Cc1nc2ccccc2c(=O)n1/N=N/N(c1ccccc1)c1ccccc1. The smallest absolute Gasteiger partial charge is 0.267 e. The van der Waals surface area contributed by atoms with E-state index in [9.17, 15) is 4.79 Å². The van der Waals surface area contributed by atoms with Crippen LogP contribution in [0.25, 0.3) is 10.9 Å². The average Bonchev–Trinajstić information content (AvgIpc) is 2.72. The lowest BCUT2D eigenvalue weighted by molar-refractivity contribution is 0.688. The molecule has 0 aliphatic carbocycles. The van der Waals surface area contributed by atoms with E-state index >= 15 is 0 Å². The Bertz CT molecular complexity index is 1110. The molecule has 1 heterocycles. The van der Waals surface area contributed by atoms with Crippen LogP contribution in [0.2, 0.25) is 0 Å². The number of nitrogens with zero attached hydrogens (tertiary/aromatic N) is 5. The van der Waals surface area contributed by atoms with E-state index in [1.54, 1.807) is 18.0 Å². The molecule has 0 fully saturated rings. The zero-order valence-corrected chi connectivity index (χ0v) is 14.7. The molecule has 4 rings (SSSR count). The minimum atomic E-state index is -0.247. The second kappa shape index (κ2) is 7.21. The zero-order valence-electron chi connectivity index (χ0n) is 14.7. The molecule has 6 nitrogen and oxygen atoms in total. The van der Waals surface area contributed by atoms with Crippen LogP contribution in [0.15, 0.2) is 100 Å². The van der Waals surface area contributed by atoms with Gasteiger partial charge in [-0.3, -0.25) is 4.79 Å². The molecule has 0 unspecified atom stereocenters. The van der Waals surface area contributed by atoms with Gasteiger partial charge in [-0.05, 0) is 53.8 Å². The molecule has 6 heteroatoms. The fourth-order valence-electron chi connectivity index (χ4n) is 2.81. The standard InChI is InChI=1S/C21H17N5O/c1-16-22-20-15-9-8-14-19(20)21(27)25(16)23-24-26(17-10-4-2-5-11-17)18-12-6-3-7-13-18/h2-15H,1H3/b24-23+. The van der Waals surface area contributed by atoms with Crippen molar-refractivity contribution in [2.75, 3.05) is 5.01 Å². The van der Waals surface area contributed by atoms with E-state index in [0.29, 0.717) is 16.7 Å². The highest BCUT2D eigenvalue weighted by Crippen LogP contribution is 2.25. The van der Waals surface area contributed by atoms with E-state index in [2.05, 4.69) is 15.4 Å². The monoisotopic (exact) mass is 355 g/mol. The van der Waals surface area contributed by atoms with Crippen LogP contribution in [-0.4, -0.2) is 9.66 Å². The summed E-state index contributed by atoms with van der Waals surface area (Å²) in [7, 11) is 0. The molecular formula is C21H17N5O. The van der Waals surface area contributed by atoms with Gasteiger partial charge in [0.1, 0.15) is 5.82 Å². The third-order valence-corrected chi connectivity index (χ3v) is 4.14. The molecule has 132 valence electrons. The van der Waals surface area contributed by atoms with Gasteiger partial charge in [0.2, 0.25) is 0 Å². The summed E-state index contributed by atoms with van der Waals surface area (Å²) in [4.78, 5) is 17.2. The van der Waals surface area contributed by atoms with Gasteiger partial charge in [-0.1, -0.05) is 48.5 Å². The summed E-state index contributed by atoms with van der Waals surface area (Å²) in [5, 5.41) is 10.7. The third kappa shape index (κ3) is 3.32. The van der Waals surface area contributed by atoms with E-state index in [0.717, 1.165) is 11.4 Å². The summed E-state index contributed by atoms with van der Waals surface area (Å²) >= 11 is 0. The number of para-hydroxylation sites is 3. The Hall–Kier alpha value is -3.80. The fourth-order valence-corrected chi connectivity index (χ4v) is 2.81. The van der Waals surface area contributed by atoms with Crippen molar-refractivity contribution in [3.8, 4) is 0 Å². The quantitative estimate of drug-likeness (QED) is 0.395. The molecule has 0 N–H and O–H groups in total. The predicted molar refractivity (Wildman–Crippen MR) is 106 cm³/mol. The lowest BCUT2D eigenvalue weighted by atomic mass is 10.2. The van der Waals surface area contributed by atoms with Crippen molar-refractivity contribution in [1.82, 2.24) is 9.66 Å². The van der Waals surface area contributed by atoms with Crippen LogP contribution in [-0.2, 0) is 0 Å². The summed E-state index contributed by atoms with van der Waals surface area (Å²) in [5.74, 6) is 0.475. The summed E-state index contributed by atoms with van der Waals surface area (Å²) in [6.45, 7) is 1.74. The Morgan fingerprint density at radius 3 is 2.00 bits per heavy atom. The van der Waals surface area contributed by atoms with Gasteiger partial charge in [0.05, 0.1) is 22.3 Å². The Kier molecular flexibility index (Phi) is 4.45. The van der Waals surface area contributed by atoms with Gasteiger partial charge < -0.3 is 0 Å². The highest BCUT2D eigenvalue weighted by molar-refractivity contribution is 5.77. The van der Waals surface area contributed by atoms with Gasteiger partial charge >= 0.3 is 0 Å². The summed E-state index contributed by atoms with van der Waals surface area (Å²) in [5.41, 5.74) is 2.08. The number of hydrogen-bond donors (Lipinski definition) is 0. The number of rotatable bonds is 4. The highest BCUT2D eigenvalue weighted by Gasteiger charge is 2.10. The second-order valence-corrected chi connectivity index (χ2v) is 5.95. The number of fused-ring (bicyclic) bond motifs is 1. The molecule has 4 aromatic rings. The van der Waals surface area contributed by atoms with Crippen molar-refractivity contribution in [1.29, 1.82) is 0 Å². The molecule has 0 radical (unpaired) electrons. The normalized spacial score (nSPS) is 11.1. The van der Waals surface area contributed by atoms with Crippen LogP contribution < -0.4 is 10.6 Å². The van der Waals surface area contributed by atoms with Gasteiger partial charge in [0.15, 0.2) is 0 Å². The van der Waals surface area contributed by atoms with Crippen molar-refractivity contribution in [3.05, 3.63) is 101 Å². The van der Waals surface area contributed by atoms with Crippen LogP contribution in [0.3, 0.4) is 0 Å². The average molecular weight is 355 g/mol. The number of anilines is 2. The van der Waals surface area contributed by atoms with E-state index in [4.69, 9.17) is 0 Å². The number of hydrogen-bond acceptors (Lipinski definition) is 4. The summed E-state index contributed by atoms with van der Waals surface area (Å²) in [6.07, 6.45) is 0. The van der Waals surface area contributed by atoms with Crippen molar-refractivity contribution in [3.63, 3.8) is 0 Å². The Morgan fingerprint density at radius 2 is 1.37 bits per heavy atom. The Morgan fingerprint density at radius 1 is 0.815 bits per heavy atom. The lowest BCUT2D eigenvalue weighted by Crippen LogP contribution is -2.21. The Labute approximate surface area is 156 Å². The van der Waals surface area contributed by atoms with Gasteiger partial charge in [-0.15, -0.1) is 0 Å². The maximum absolute atomic E-state index is 12.8. The van der Waals surface area contributed by atoms with Crippen LogP contribution in [0.1, 0.15) is 5.82 Å². The molecule has 27 heavy (non-hydrogen) atoms. The molecule has 3 aromatic carbocycles. The van der Waals surface area contributed by atoms with E-state index in [1.165, 1.54) is 4.68 Å². The summed E-state index contributed by atoms with van der Waals surface area (Å²) in [6, 6.07) is 26.5. The molecule has 0 amide bonds. The van der Waals surface area contributed by atoms with E-state index in [-0.39, 0.29) is 5.56 Å². The molecule has 0 aliphatic rings. The first kappa shape index (κ1) is 16.7. The second-order valence-electron chi connectivity index (χ2n) is 5.95. The molecule has 0 aliphatic heterocycles. The predicted octanol–water partition coefficient (Wildman–Crippen LogP) is 4.67. The number of benzene rings is 3. The topological polar surface area (TPSA) is 62.9 Å². The van der Waals surface area contributed by atoms with Gasteiger partial charge in [-0.2, -0.15) is 4.68 Å². The minimum Gasteiger partial charge on any atom is -0.267 e. The molecule has 0 bridgehead atoms.